The zero-order chi connectivity index (χ0) is 18.9. The largest absolute Gasteiger partial charge is 0.497 e. The molecule has 7 heteroatoms. The Balaban J connectivity index is 1.35. The fourth-order valence-corrected chi connectivity index (χ4v) is 3.87. The number of hydrogen-bond acceptors (Lipinski definition) is 6. The van der Waals surface area contributed by atoms with Gasteiger partial charge in [-0.05, 0) is 43.4 Å². The summed E-state index contributed by atoms with van der Waals surface area (Å²) in [5, 5.41) is 11.7. The summed E-state index contributed by atoms with van der Waals surface area (Å²) in [5.41, 5.74) is 1.25. The molecule has 0 saturated heterocycles. The third-order valence-electron chi connectivity index (χ3n) is 4.76. The van der Waals surface area contributed by atoms with Gasteiger partial charge in [0.05, 0.1) is 12.9 Å². The molecule has 0 atom stereocenters. The van der Waals surface area contributed by atoms with Gasteiger partial charge >= 0.3 is 0 Å². The molecule has 1 N–H and O–H groups in total. The van der Waals surface area contributed by atoms with Gasteiger partial charge in [0, 0.05) is 12.5 Å². The van der Waals surface area contributed by atoms with E-state index in [9.17, 15) is 4.79 Å². The highest BCUT2D eigenvalue weighted by molar-refractivity contribution is 7.99. The van der Waals surface area contributed by atoms with Crippen molar-refractivity contribution in [3.63, 3.8) is 0 Å². The zero-order valence-electron chi connectivity index (χ0n) is 15.8. The summed E-state index contributed by atoms with van der Waals surface area (Å²) in [5.74, 6) is 1.86. The van der Waals surface area contributed by atoms with E-state index in [0.29, 0.717) is 22.9 Å². The molecule has 0 spiro atoms. The van der Waals surface area contributed by atoms with Crippen LogP contribution in [0.2, 0.25) is 0 Å². The SMILES string of the molecule is COc1ccc(CCCc2nnc(SCC(=O)NC3CCCCC3)o2)cc1. The number of aryl methyl sites for hydroxylation is 2. The highest BCUT2D eigenvalue weighted by atomic mass is 32.2. The summed E-state index contributed by atoms with van der Waals surface area (Å²) >= 11 is 1.31. The minimum Gasteiger partial charge on any atom is -0.497 e. The number of amides is 1. The van der Waals surface area contributed by atoms with Crippen molar-refractivity contribution in [3.8, 4) is 5.75 Å². The van der Waals surface area contributed by atoms with Crippen molar-refractivity contribution in [3.05, 3.63) is 35.7 Å². The van der Waals surface area contributed by atoms with Crippen LogP contribution < -0.4 is 10.1 Å². The lowest BCUT2D eigenvalue weighted by Gasteiger charge is -2.22. The lowest BCUT2D eigenvalue weighted by molar-refractivity contribution is -0.119. The lowest BCUT2D eigenvalue weighted by Crippen LogP contribution is -2.37. The predicted molar refractivity (Wildman–Crippen MR) is 105 cm³/mol. The molecule has 27 heavy (non-hydrogen) atoms. The van der Waals surface area contributed by atoms with Crippen molar-refractivity contribution in [2.45, 2.75) is 62.6 Å². The second-order valence-corrected chi connectivity index (χ2v) is 7.78. The van der Waals surface area contributed by atoms with E-state index in [1.165, 1.54) is 36.6 Å². The van der Waals surface area contributed by atoms with Gasteiger partial charge < -0.3 is 14.5 Å². The van der Waals surface area contributed by atoms with Crippen molar-refractivity contribution < 1.29 is 13.9 Å². The molecule has 0 aliphatic heterocycles. The van der Waals surface area contributed by atoms with Crippen LogP contribution in [0.5, 0.6) is 5.75 Å². The average Bonchev–Trinajstić information content (AvgIpc) is 3.15. The first-order valence-electron chi connectivity index (χ1n) is 9.60. The molecule has 146 valence electrons. The Morgan fingerprint density at radius 1 is 1.19 bits per heavy atom. The van der Waals surface area contributed by atoms with Crippen molar-refractivity contribution in [1.82, 2.24) is 15.5 Å². The van der Waals surface area contributed by atoms with Crippen molar-refractivity contribution >= 4 is 17.7 Å². The van der Waals surface area contributed by atoms with Crippen LogP contribution in [-0.2, 0) is 17.6 Å². The average molecular weight is 390 g/mol. The molecule has 1 heterocycles. The maximum absolute atomic E-state index is 12.0. The smallest absolute Gasteiger partial charge is 0.277 e. The van der Waals surface area contributed by atoms with Crippen LogP contribution in [0.1, 0.15) is 50.0 Å². The number of aromatic nitrogens is 2. The summed E-state index contributed by atoms with van der Waals surface area (Å²) < 4.78 is 10.8. The molecular weight excluding hydrogens is 362 g/mol. The van der Waals surface area contributed by atoms with Crippen LogP contribution in [0.25, 0.3) is 0 Å². The Bertz CT molecular complexity index is 712. The first-order chi connectivity index (χ1) is 13.2. The summed E-state index contributed by atoms with van der Waals surface area (Å²) in [7, 11) is 1.67. The van der Waals surface area contributed by atoms with Crippen LogP contribution in [-0.4, -0.2) is 35.0 Å². The number of benzene rings is 1. The van der Waals surface area contributed by atoms with E-state index in [1.54, 1.807) is 7.11 Å². The Hall–Kier alpha value is -2.02. The van der Waals surface area contributed by atoms with E-state index in [2.05, 4.69) is 27.6 Å². The highest BCUT2D eigenvalue weighted by Gasteiger charge is 2.16. The fraction of sp³-hybridized carbons (Fsp3) is 0.550. The van der Waals surface area contributed by atoms with Crippen LogP contribution >= 0.6 is 11.8 Å². The molecular formula is C20H27N3O3S. The Morgan fingerprint density at radius 2 is 1.96 bits per heavy atom. The fourth-order valence-electron chi connectivity index (χ4n) is 3.28. The Kier molecular flexibility index (Phi) is 7.56. The number of nitrogens with one attached hydrogen (secondary N) is 1. The molecule has 1 aliphatic carbocycles. The van der Waals surface area contributed by atoms with E-state index >= 15 is 0 Å². The number of methoxy groups -OCH3 is 1. The molecule has 3 rings (SSSR count). The summed E-state index contributed by atoms with van der Waals surface area (Å²) in [6.07, 6.45) is 8.49. The van der Waals surface area contributed by atoms with Gasteiger partial charge in [0.15, 0.2) is 0 Å². The van der Waals surface area contributed by atoms with Gasteiger partial charge in [-0.25, -0.2) is 0 Å². The maximum atomic E-state index is 12.0. The van der Waals surface area contributed by atoms with Crippen LogP contribution in [0.15, 0.2) is 33.9 Å². The summed E-state index contributed by atoms with van der Waals surface area (Å²) in [6, 6.07) is 8.41. The van der Waals surface area contributed by atoms with Crippen molar-refractivity contribution in [2.75, 3.05) is 12.9 Å². The molecule has 0 unspecified atom stereocenters. The number of nitrogens with zero attached hydrogens (tertiary/aromatic N) is 2. The monoisotopic (exact) mass is 389 g/mol. The molecule has 0 bridgehead atoms. The Labute approximate surface area is 164 Å². The zero-order valence-corrected chi connectivity index (χ0v) is 16.6. The van der Waals surface area contributed by atoms with Crippen molar-refractivity contribution in [2.24, 2.45) is 0 Å². The number of carbonyl (C=O) groups is 1. The molecule has 6 nitrogen and oxygen atoms in total. The number of ether oxygens (including phenoxy) is 1. The number of hydrogen-bond donors (Lipinski definition) is 1. The van der Waals surface area contributed by atoms with Gasteiger partial charge in [-0.1, -0.05) is 43.2 Å². The van der Waals surface area contributed by atoms with Gasteiger partial charge in [-0.3, -0.25) is 4.79 Å². The quantitative estimate of drug-likeness (QED) is 0.658. The van der Waals surface area contributed by atoms with E-state index in [0.717, 1.165) is 37.9 Å². The lowest BCUT2D eigenvalue weighted by atomic mass is 9.95. The van der Waals surface area contributed by atoms with E-state index in [1.807, 2.05) is 12.1 Å². The maximum Gasteiger partial charge on any atom is 0.277 e. The van der Waals surface area contributed by atoms with Gasteiger partial charge in [0.1, 0.15) is 5.75 Å². The number of thioether (sulfide) groups is 1. The normalized spacial score (nSPS) is 14.9. The molecule has 1 saturated carbocycles. The number of rotatable bonds is 9. The molecule has 0 radical (unpaired) electrons. The molecule has 2 aromatic rings. The van der Waals surface area contributed by atoms with Gasteiger partial charge in [-0.2, -0.15) is 0 Å². The van der Waals surface area contributed by atoms with Gasteiger partial charge in [-0.15, -0.1) is 10.2 Å². The van der Waals surface area contributed by atoms with E-state index in [-0.39, 0.29) is 5.91 Å². The minimum atomic E-state index is 0.0474. The summed E-state index contributed by atoms with van der Waals surface area (Å²) in [6.45, 7) is 0. The number of carbonyl (C=O) groups excluding carboxylic acids is 1. The second kappa shape index (κ2) is 10.3. The third-order valence-corrected chi connectivity index (χ3v) is 5.58. The first kappa shape index (κ1) is 19.7. The topological polar surface area (TPSA) is 77.2 Å². The van der Waals surface area contributed by atoms with E-state index < -0.39 is 0 Å². The van der Waals surface area contributed by atoms with Crippen LogP contribution in [0, 0.1) is 0 Å². The molecule has 1 fully saturated rings. The standard InChI is InChI=1S/C20H27N3O3S/c1-25-17-12-10-15(11-13-17)6-5-9-19-22-23-20(26-19)27-14-18(24)21-16-7-3-2-4-8-16/h10-13,16H,2-9,14H2,1H3,(H,21,24). The van der Waals surface area contributed by atoms with Gasteiger partial charge in [0.2, 0.25) is 11.8 Å². The highest BCUT2D eigenvalue weighted by Crippen LogP contribution is 2.20. The van der Waals surface area contributed by atoms with Gasteiger partial charge in [0.25, 0.3) is 5.22 Å². The first-order valence-corrected chi connectivity index (χ1v) is 10.6. The molecule has 1 aromatic carbocycles. The molecule has 1 amide bonds. The second-order valence-electron chi connectivity index (χ2n) is 6.85. The molecule has 1 aromatic heterocycles. The summed E-state index contributed by atoms with van der Waals surface area (Å²) in [4.78, 5) is 12.0. The van der Waals surface area contributed by atoms with Crippen LogP contribution in [0.4, 0.5) is 0 Å². The molecule has 1 aliphatic rings. The van der Waals surface area contributed by atoms with Crippen molar-refractivity contribution in [1.29, 1.82) is 0 Å². The minimum absolute atomic E-state index is 0.0474. The third kappa shape index (κ3) is 6.57. The van der Waals surface area contributed by atoms with Crippen LogP contribution in [0.3, 0.4) is 0 Å². The predicted octanol–water partition coefficient (Wildman–Crippen LogP) is 3.79. The Morgan fingerprint density at radius 3 is 2.70 bits per heavy atom. The van der Waals surface area contributed by atoms with E-state index in [4.69, 9.17) is 9.15 Å².